The summed E-state index contributed by atoms with van der Waals surface area (Å²) < 4.78 is 5.78. The van der Waals surface area contributed by atoms with Gasteiger partial charge in [-0.3, -0.25) is 15.5 Å². The fourth-order valence-corrected chi connectivity index (χ4v) is 2.49. The van der Waals surface area contributed by atoms with Crippen molar-refractivity contribution in [3.8, 4) is 5.75 Å². The van der Waals surface area contributed by atoms with Crippen LogP contribution in [0.5, 0.6) is 5.75 Å². The fourth-order valence-electron chi connectivity index (χ4n) is 2.30. The molecular weight excluding hydrogens is 366 g/mol. The maximum Gasteiger partial charge on any atom is 0.269 e. The zero-order valence-corrected chi connectivity index (χ0v) is 15.0. The summed E-state index contributed by atoms with van der Waals surface area (Å²) in [6.45, 7) is 0.376. The molecule has 0 aliphatic rings. The second-order valence-corrected chi connectivity index (χ2v) is 6.03. The van der Waals surface area contributed by atoms with Gasteiger partial charge in [0.25, 0.3) is 5.69 Å². The standard InChI is InChI=1S/C20H16ClN3O3/c21-20-7-2-1-5-16(20)14-27-19-6-3-4-15(12-19)13-22-23-17-8-10-18(11-9-17)24(25)26/h1-13,23H,14H2. The molecule has 0 bridgehead atoms. The molecular formula is C20H16ClN3O3. The number of anilines is 1. The zero-order valence-electron chi connectivity index (χ0n) is 14.2. The van der Waals surface area contributed by atoms with Crippen molar-refractivity contribution in [3.63, 3.8) is 0 Å². The molecule has 7 heteroatoms. The predicted molar refractivity (Wildman–Crippen MR) is 107 cm³/mol. The van der Waals surface area contributed by atoms with E-state index in [9.17, 15) is 10.1 Å². The summed E-state index contributed by atoms with van der Waals surface area (Å²) in [5.74, 6) is 0.703. The van der Waals surface area contributed by atoms with Gasteiger partial charge in [0.2, 0.25) is 0 Å². The van der Waals surface area contributed by atoms with Crippen LogP contribution in [0.3, 0.4) is 0 Å². The third kappa shape index (κ3) is 5.29. The molecule has 0 radical (unpaired) electrons. The highest BCUT2D eigenvalue weighted by molar-refractivity contribution is 6.31. The van der Waals surface area contributed by atoms with Gasteiger partial charge in [0.05, 0.1) is 16.8 Å². The Hall–Kier alpha value is -3.38. The quantitative estimate of drug-likeness (QED) is 0.343. The average Bonchev–Trinajstić information content (AvgIpc) is 2.68. The van der Waals surface area contributed by atoms with Gasteiger partial charge in [-0.05, 0) is 35.9 Å². The maximum absolute atomic E-state index is 10.6. The van der Waals surface area contributed by atoms with Gasteiger partial charge < -0.3 is 4.74 Å². The van der Waals surface area contributed by atoms with Crippen molar-refractivity contribution in [2.45, 2.75) is 6.61 Å². The van der Waals surface area contributed by atoms with E-state index in [-0.39, 0.29) is 5.69 Å². The van der Waals surface area contributed by atoms with Crippen molar-refractivity contribution >= 4 is 29.2 Å². The molecule has 0 aromatic heterocycles. The van der Waals surface area contributed by atoms with Crippen LogP contribution in [0.4, 0.5) is 11.4 Å². The summed E-state index contributed by atoms with van der Waals surface area (Å²) in [6, 6.07) is 21.0. The zero-order chi connectivity index (χ0) is 19.1. The molecule has 0 unspecified atom stereocenters. The summed E-state index contributed by atoms with van der Waals surface area (Å²) in [4.78, 5) is 10.2. The van der Waals surface area contributed by atoms with Crippen molar-refractivity contribution in [2.75, 3.05) is 5.43 Å². The number of halogens is 1. The van der Waals surface area contributed by atoms with E-state index < -0.39 is 4.92 Å². The molecule has 6 nitrogen and oxygen atoms in total. The van der Waals surface area contributed by atoms with Gasteiger partial charge >= 0.3 is 0 Å². The Morgan fingerprint density at radius 1 is 1.07 bits per heavy atom. The Kier molecular flexibility index (Phi) is 6.02. The van der Waals surface area contributed by atoms with E-state index in [1.165, 1.54) is 12.1 Å². The molecule has 0 atom stereocenters. The topological polar surface area (TPSA) is 76.8 Å². The SMILES string of the molecule is O=[N+]([O-])c1ccc(NN=Cc2cccc(OCc3ccccc3Cl)c2)cc1. The number of hydrazone groups is 1. The number of nitro benzene ring substituents is 1. The minimum Gasteiger partial charge on any atom is -0.489 e. The van der Waals surface area contributed by atoms with Gasteiger partial charge in [-0.15, -0.1) is 0 Å². The molecule has 0 aliphatic carbocycles. The Morgan fingerprint density at radius 3 is 2.59 bits per heavy atom. The molecule has 3 rings (SSSR count). The number of ether oxygens (including phenoxy) is 1. The number of hydrogen-bond donors (Lipinski definition) is 1. The van der Waals surface area contributed by atoms with E-state index in [1.807, 2.05) is 48.5 Å². The number of benzene rings is 3. The third-order valence-electron chi connectivity index (χ3n) is 3.70. The van der Waals surface area contributed by atoms with Crippen LogP contribution in [-0.4, -0.2) is 11.1 Å². The van der Waals surface area contributed by atoms with Crippen LogP contribution in [0.2, 0.25) is 5.02 Å². The normalized spacial score (nSPS) is 10.7. The lowest BCUT2D eigenvalue weighted by Crippen LogP contribution is -1.97. The van der Waals surface area contributed by atoms with Crippen molar-refractivity contribution in [1.82, 2.24) is 0 Å². The first kappa shape index (κ1) is 18.4. The summed E-state index contributed by atoms with van der Waals surface area (Å²) in [6.07, 6.45) is 1.64. The van der Waals surface area contributed by atoms with E-state index in [2.05, 4.69) is 10.5 Å². The molecule has 27 heavy (non-hydrogen) atoms. The Morgan fingerprint density at radius 2 is 1.85 bits per heavy atom. The molecule has 0 heterocycles. The first-order valence-corrected chi connectivity index (χ1v) is 8.49. The average molecular weight is 382 g/mol. The molecule has 0 amide bonds. The third-order valence-corrected chi connectivity index (χ3v) is 4.06. The predicted octanol–water partition coefficient (Wildman–Crippen LogP) is 5.27. The number of nitrogens with one attached hydrogen (secondary N) is 1. The highest BCUT2D eigenvalue weighted by atomic mass is 35.5. The maximum atomic E-state index is 10.6. The van der Waals surface area contributed by atoms with Crippen molar-refractivity contribution in [3.05, 3.63) is 99.1 Å². The molecule has 3 aromatic carbocycles. The van der Waals surface area contributed by atoms with E-state index in [0.29, 0.717) is 23.1 Å². The van der Waals surface area contributed by atoms with Crippen LogP contribution in [0.15, 0.2) is 77.9 Å². The minimum atomic E-state index is -0.443. The highest BCUT2D eigenvalue weighted by Crippen LogP contribution is 2.19. The molecule has 0 saturated heterocycles. The van der Waals surface area contributed by atoms with E-state index in [0.717, 1.165) is 11.1 Å². The second-order valence-electron chi connectivity index (χ2n) is 5.63. The molecule has 0 fully saturated rings. The van der Waals surface area contributed by atoms with Crippen molar-refractivity contribution in [2.24, 2.45) is 5.10 Å². The Labute approximate surface area is 161 Å². The number of non-ortho nitro benzene ring substituents is 1. The van der Waals surface area contributed by atoms with E-state index in [4.69, 9.17) is 16.3 Å². The fraction of sp³-hybridized carbons (Fsp3) is 0.0500. The summed E-state index contributed by atoms with van der Waals surface area (Å²) in [5.41, 5.74) is 5.29. The van der Waals surface area contributed by atoms with Crippen molar-refractivity contribution in [1.29, 1.82) is 0 Å². The van der Waals surface area contributed by atoms with Crippen LogP contribution in [-0.2, 0) is 6.61 Å². The molecule has 136 valence electrons. The lowest BCUT2D eigenvalue weighted by molar-refractivity contribution is -0.384. The summed E-state index contributed by atoms with van der Waals surface area (Å²) in [7, 11) is 0. The van der Waals surface area contributed by atoms with Gasteiger partial charge in [-0.1, -0.05) is 41.9 Å². The number of rotatable bonds is 7. The van der Waals surface area contributed by atoms with Crippen LogP contribution < -0.4 is 10.2 Å². The monoisotopic (exact) mass is 381 g/mol. The number of nitrogens with zero attached hydrogens (tertiary/aromatic N) is 2. The Balaban J connectivity index is 1.59. The molecule has 0 saturated carbocycles. The number of hydrogen-bond acceptors (Lipinski definition) is 5. The summed E-state index contributed by atoms with van der Waals surface area (Å²) >= 11 is 6.13. The van der Waals surface area contributed by atoms with E-state index >= 15 is 0 Å². The van der Waals surface area contributed by atoms with Crippen molar-refractivity contribution < 1.29 is 9.66 Å². The van der Waals surface area contributed by atoms with Gasteiger partial charge in [0, 0.05) is 22.7 Å². The van der Waals surface area contributed by atoms with Crippen LogP contribution in [0.1, 0.15) is 11.1 Å². The second kappa shape index (κ2) is 8.82. The first-order chi connectivity index (χ1) is 13.1. The van der Waals surface area contributed by atoms with E-state index in [1.54, 1.807) is 18.3 Å². The largest absolute Gasteiger partial charge is 0.489 e. The van der Waals surface area contributed by atoms with Gasteiger partial charge in [0.1, 0.15) is 12.4 Å². The van der Waals surface area contributed by atoms with Crippen LogP contribution in [0, 0.1) is 10.1 Å². The summed E-state index contributed by atoms with van der Waals surface area (Å²) in [5, 5.41) is 15.4. The molecule has 1 N–H and O–H groups in total. The van der Waals surface area contributed by atoms with Crippen LogP contribution >= 0.6 is 11.6 Å². The highest BCUT2D eigenvalue weighted by Gasteiger charge is 2.03. The molecule has 3 aromatic rings. The van der Waals surface area contributed by atoms with Gasteiger partial charge in [-0.2, -0.15) is 5.10 Å². The van der Waals surface area contributed by atoms with Gasteiger partial charge in [-0.25, -0.2) is 0 Å². The Bertz CT molecular complexity index is 959. The number of nitro groups is 1. The smallest absolute Gasteiger partial charge is 0.269 e. The minimum absolute atomic E-state index is 0.0351. The molecule has 0 spiro atoms. The lowest BCUT2D eigenvalue weighted by atomic mass is 10.2. The van der Waals surface area contributed by atoms with Crippen LogP contribution in [0.25, 0.3) is 0 Å². The first-order valence-electron chi connectivity index (χ1n) is 8.11. The molecule has 0 aliphatic heterocycles. The lowest BCUT2D eigenvalue weighted by Gasteiger charge is -2.08. The van der Waals surface area contributed by atoms with Gasteiger partial charge in [0.15, 0.2) is 0 Å².